The third-order valence-electron chi connectivity index (χ3n) is 4.02. The van der Waals surface area contributed by atoms with Gasteiger partial charge in [0.05, 0.1) is 13.7 Å². The summed E-state index contributed by atoms with van der Waals surface area (Å²) < 4.78 is 10.2. The van der Waals surface area contributed by atoms with Crippen molar-refractivity contribution in [3.05, 3.63) is 0 Å². The highest BCUT2D eigenvalue weighted by molar-refractivity contribution is 5.82. The predicted octanol–water partition coefficient (Wildman–Crippen LogP) is 3.71. The summed E-state index contributed by atoms with van der Waals surface area (Å²) in [4.78, 5) is 11.6. The molecule has 0 aromatic rings. The first-order chi connectivity index (χ1) is 8.67. The number of rotatable bonds is 10. The van der Waals surface area contributed by atoms with Crippen molar-refractivity contribution in [1.29, 1.82) is 0 Å². The highest BCUT2D eigenvalue weighted by atomic mass is 16.6. The summed E-state index contributed by atoms with van der Waals surface area (Å²) in [6.45, 7) is 4.88. The first-order valence-electron chi connectivity index (χ1n) is 7.39. The van der Waals surface area contributed by atoms with Crippen LogP contribution in [-0.2, 0) is 14.3 Å². The lowest BCUT2D eigenvalue weighted by Gasteiger charge is -2.17. The molecule has 0 bridgehead atoms. The minimum absolute atomic E-state index is 0.196. The highest BCUT2D eigenvalue weighted by Crippen LogP contribution is 2.39. The summed E-state index contributed by atoms with van der Waals surface area (Å²) in [6.07, 6.45) is 10.2. The van der Waals surface area contributed by atoms with Crippen molar-refractivity contribution in [2.75, 3.05) is 13.7 Å². The van der Waals surface area contributed by atoms with Gasteiger partial charge in [-0.3, -0.25) is 0 Å². The molecular weight excluding hydrogens is 228 g/mol. The monoisotopic (exact) mass is 256 g/mol. The molecule has 0 saturated carbocycles. The van der Waals surface area contributed by atoms with Crippen LogP contribution >= 0.6 is 0 Å². The van der Waals surface area contributed by atoms with Crippen LogP contribution in [-0.4, -0.2) is 25.3 Å². The van der Waals surface area contributed by atoms with Crippen molar-refractivity contribution < 1.29 is 14.3 Å². The number of ether oxygens (including phenoxy) is 2. The molecule has 3 heteroatoms. The molecule has 1 aliphatic heterocycles. The number of epoxide rings is 1. The number of hydrogen-bond acceptors (Lipinski definition) is 3. The second-order valence-corrected chi connectivity index (χ2v) is 5.48. The summed E-state index contributed by atoms with van der Waals surface area (Å²) in [5, 5.41) is 0. The van der Waals surface area contributed by atoms with Crippen LogP contribution in [0, 0.1) is 5.92 Å². The molecule has 1 rings (SSSR count). The summed E-state index contributed by atoms with van der Waals surface area (Å²) in [6, 6.07) is 0. The van der Waals surface area contributed by atoms with Gasteiger partial charge in [0, 0.05) is 0 Å². The van der Waals surface area contributed by atoms with Crippen LogP contribution in [0.3, 0.4) is 0 Å². The molecule has 0 N–H and O–H groups in total. The van der Waals surface area contributed by atoms with E-state index in [4.69, 9.17) is 9.47 Å². The molecule has 1 aliphatic rings. The Kier molecular flexibility index (Phi) is 6.69. The summed E-state index contributed by atoms with van der Waals surface area (Å²) in [5.74, 6) is 0.0820. The van der Waals surface area contributed by atoms with Gasteiger partial charge in [0.1, 0.15) is 0 Å². The average Bonchev–Trinajstić information content (AvgIpc) is 3.18. The van der Waals surface area contributed by atoms with Crippen LogP contribution in [0.4, 0.5) is 0 Å². The second-order valence-electron chi connectivity index (χ2n) is 5.48. The number of carbonyl (C=O) groups excluding carboxylic acids is 1. The molecule has 0 aromatic heterocycles. The van der Waals surface area contributed by atoms with Crippen LogP contribution in [0.15, 0.2) is 0 Å². The minimum atomic E-state index is -0.600. The first-order valence-corrected chi connectivity index (χ1v) is 7.39. The molecule has 1 heterocycles. The first kappa shape index (κ1) is 15.5. The third kappa shape index (κ3) is 4.27. The maximum atomic E-state index is 11.6. The summed E-state index contributed by atoms with van der Waals surface area (Å²) in [5.41, 5.74) is -0.600. The highest BCUT2D eigenvalue weighted by Gasteiger charge is 2.57. The van der Waals surface area contributed by atoms with Gasteiger partial charge in [-0.05, 0) is 12.3 Å². The van der Waals surface area contributed by atoms with Crippen LogP contribution in [0.25, 0.3) is 0 Å². The maximum absolute atomic E-state index is 11.6. The lowest BCUT2D eigenvalue weighted by molar-refractivity contribution is -0.149. The average molecular weight is 256 g/mol. The van der Waals surface area contributed by atoms with E-state index < -0.39 is 5.60 Å². The molecule has 0 aliphatic carbocycles. The molecule has 3 nitrogen and oxygen atoms in total. The van der Waals surface area contributed by atoms with Gasteiger partial charge in [-0.25, -0.2) is 4.79 Å². The molecule has 2 atom stereocenters. The zero-order chi connectivity index (χ0) is 13.4. The van der Waals surface area contributed by atoms with E-state index in [0.29, 0.717) is 6.61 Å². The van der Waals surface area contributed by atoms with E-state index in [-0.39, 0.29) is 11.9 Å². The van der Waals surface area contributed by atoms with E-state index in [9.17, 15) is 4.79 Å². The molecule has 0 aromatic carbocycles. The van der Waals surface area contributed by atoms with E-state index in [1.165, 1.54) is 52.1 Å². The molecule has 0 radical (unpaired) electrons. The van der Waals surface area contributed by atoms with Crippen molar-refractivity contribution in [2.24, 2.45) is 5.92 Å². The van der Waals surface area contributed by atoms with Crippen molar-refractivity contribution >= 4 is 5.97 Å². The predicted molar refractivity (Wildman–Crippen MR) is 72.5 cm³/mol. The van der Waals surface area contributed by atoms with E-state index in [0.717, 1.165) is 6.42 Å². The topological polar surface area (TPSA) is 38.8 Å². The summed E-state index contributed by atoms with van der Waals surface area (Å²) in [7, 11) is 1.44. The van der Waals surface area contributed by atoms with Crippen molar-refractivity contribution in [3.8, 4) is 0 Å². The Hall–Kier alpha value is -0.570. The van der Waals surface area contributed by atoms with Crippen LogP contribution < -0.4 is 0 Å². The van der Waals surface area contributed by atoms with Gasteiger partial charge in [0.2, 0.25) is 0 Å². The zero-order valence-corrected chi connectivity index (χ0v) is 12.2. The van der Waals surface area contributed by atoms with Crippen LogP contribution in [0.5, 0.6) is 0 Å². The Balaban J connectivity index is 2.07. The zero-order valence-electron chi connectivity index (χ0n) is 12.2. The fourth-order valence-corrected chi connectivity index (χ4v) is 2.49. The SMILES string of the molecule is CCCCCCCCCC(C)C1(C(=O)OC)CO1. The van der Waals surface area contributed by atoms with Crippen LogP contribution in [0.2, 0.25) is 0 Å². The van der Waals surface area contributed by atoms with Gasteiger partial charge < -0.3 is 9.47 Å². The number of unbranched alkanes of at least 4 members (excludes halogenated alkanes) is 6. The number of carbonyl (C=O) groups is 1. The smallest absolute Gasteiger partial charge is 0.340 e. The molecule has 106 valence electrons. The van der Waals surface area contributed by atoms with Gasteiger partial charge in [0.15, 0.2) is 5.60 Å². The van der Waals surface area contributed by atoms with Crippen molar-refractivity contribution in [3.63, 3.8) is 0 Å². The van der Waals surface area contributed by atoms with E-state index in [1.807, 2.05) is 0 Å². The van der Waals surface area contributed by atoms with E-state index in [2.05, 4.69) is 13.8 Å². The van der Waals surface area contributed by atoms with E-state index in [1.54, 1.807) is 0 Å². The Morgan fingerprint density at radius 2 is 1.78 bits per heavy atom. The lowest BCUT2D eigenvalue weighted by Crippen LogP contribution is -2.33. The third-order valence-corrected chi connectivity index (χ3v) is 4.02. The lowest BCUT2D eigenvalue weighted by atomic mass is 9.89. The maximum Gasteiger partial charge on any atom is 0.340 e. The van der Waals surface area contributed by atoms with Gasteiger partial charge in [-0.2, -0.15) is 0 Å². The van der Waals surface area contributed by atoms with Gasteiger partial charge in [-0.15, -0.1) is 0 Å². The number of methoxy groups -OCH3 is 1. The molecule has 18 heavy (non-hydrogen) atoms. The normalized spacial score (nSPS) is 23.7. The Morgan fingerprint density at radius 3 is 2.28 bits per heavy atom. The summed E-state index contributed by atoms with van der Waals surface area (Å²) >= 11 is 0. The molecule has 0 spiro atoms. The molecule has 2 unspecified atom stereocenters. The van der Waals surface area contributed by atoms with Crippen LogP contribution in [0.1, 0.15) is 65.2 Å². The van der Waals surface area contributed by atoms with E-state index >= 15 is 0 Å². The quantitative estimate of drug-likeness (QED) is 0.340. The largest absolute Gasteiger partial charge is 0.467 e. The Labute approximate surface area is 111 Å². The molecule has 0 amide bonds. The standard InChI is InChI=1S/C15H28O3/c1-4-5-6-7-8-9-10-11-13(2)15(12-18-15)14(16)17-3/h13H,4-12H2,1-3H3. The fourth-order valence-electron chi connectivity index (χ4n) is 2.49. The number of esters is 1. The van der Waals surface area contributed by atoms with Crippen molar-refractivity contribution in [2.45, 2.75) is 70.8 Å². The number of hydrogen-bond donors (Lipinski definition) is 0. The van der Waals surface area contributed by atoms with Gasteiger partial charge in [-0.1, -0.05) is 58.8 Å². The molecular formula is C15H28O3. The molecule has 1 fully saturated rings. The minimum Gasteiger partial charge on any atom is -0.467 e. The Bertz CT molecular complexity index is 246. The fraction of sp³-hybridized carbons (Fsp3) is 0.933. The van der Waals surface area contributed by atoms with Crippen molar-refractivity contribution in [1.82, 2.24) is 0 Å². The molecule has 1 saturated heterocycles. The van der Waals surface area contributed by atoms with Gasteiger partial charge >= 0.3 is 5.97 Å². The Morgan fingerprint density at radius 1 is 1.22 bits per heavy atom. The second kappa shape index (κ2) is 7.78. The van der Waals surface area contributed by atoms with Gasteiger partial charge in [0.25, 0.3) is 0 Å².